The van der Waals surface area contributed by atoms with Crippen LogP contribution in [0.1, 0.15) is 11.3 Å². The molecular formula is C13H12F2N2O. The molecule has 0 fully saturated rings. The molecule has 2 rings (SSSR count). The van der Waals surface area contributed by atoms with Crippen LogP contribution in [0.2, 0.25) is 0 Å². The number of aromatic nitrogens is 1. The average Bonchev–Trinajstić information content (AvgIpc) is 2.33. The Morgan fingerprint density at radius 1 is 1.28 bits per heavy atom. The van der Waals surface area contributed by atoms with E-state index in [9.17, 15) is 13.6 Å². The zero-order valence-corrected chi connectivity index (χ0v) is 9.78. The van der Waals surface area contributed by atoms with Gasteiger partial charge in [0.1, 0.15) is 11.6 Å². The monoisotopic (exact) mass is 250 g/mol. The third-order valence-corrected chi connectivity index (χ3v) is 2.71. The van der Waals surface area contributed by atoms with Crippen molar-refractivity contribution in [3.63, 3.8) is 0 Å². The fourth-order valence-electron chi connectivity index (χ4n) is 1.76. The van der Waals surface area contributed by atoms with Gasteiger partial charge in [0.25, 0.3) is 0 Å². The maximum atomic E-state index is 13.7. The van der Waals surface area contributed by atoms with Gasteiger partial charge in [0.2, 0.25) is 0 Å². The molecule has 18 heavy (non-hydrogen) atoms. The van der Waals surface area contributed by atoms with Crippen LogP contribution in [0.25, 0.3) is 5.69 Å². The van der Waals surface area contributed by atoms with Crippen molar-refractivity contribution in [2.45, 2.75) is 13.5 Å². The molecule has 5 heteroatoms. The van der Waals surface area contributed by atoms with E-state index in [2.05, 4.69) is 0 Å². The minimum atomic E-state index is -0.564. The number of benzene rings is 1. The Morgan fingerprint density at radius 3 is 2.67 bits per heavy atom. The summed E-state index contributed by atoms with van der Waals surface area (Å²) in [5.74, 6) is -1.11. The quantitative estimate of drug-likeness (QED) is 0.884. The highest BCUT2D eigenvalue weighted by atomic mass is 19.1. The summed E-state index contributed by atoms with van der Waals surface area (Å²) in [6, 6.07) is 4.52. The number of hydrogen-bond donors (Lipinski definition) is 1. The second-order valence-electron chi connectivity index (χ2n) is 3.97. The lowest BCUT2D eigenvalue weighted by Gasteiger charge is -2.13. The molecule has 0 radical (unpaired) electrons. The van der Waals surface area contributed by atoms with E-state index in [1.165, 1.54) is 16.8 Å². The van der Waals surface area contributed by atoms with E-state index in [-0.39, 0.29) is 17.7 Å². The summed E-state index contributed by atoms with van der Waals surface area (Å²) in [5, 5.41) is 0. The Bertz CT molecular complexity index is 650. The van der Waals surface area contributed by atoms with Crippen molar-refractivity contribution in [3.05, 3.63) is 63.6 Å². The smallest absolute Gasteiger partial charge is 0.186 e. The van der Waals surface area contributed by atoms with Gasteiger partial charge in [-0.1, -0.05) is 0 Å². The van der Waals surface area contributed by atoms with E-state index in [0.29, 0.717) is 11.3 Å². The van der Waals surface area contributed by atoms with Crippen LogP contribution in [-0.4, -0.2) is 4.57 Å². The third kappa shape index (κ3) is 2.17. The van der Waals surface area contributed by atoms with Crippen molar-refractivity contribution in [2.24, 2.45) is 5.73 Å². The molecule has 1 heterocycles. The summed E-state index contributed by atoms with van der Waals surface area (Å²) in [4.78, 5) is 11.5. The Kier molecular flexibility index (Phi) is 3.25. The van der Waals surface area contributed by atoms with Crippen molar-refractivity contribution in [3.8, 4) is 5.69 Å². The zero-order valence-electron chi connectivity index (χ0n) is 9.78. The molecule has 1 aromatic carbocycles. The van der Waals surface area contributed by atoms with Crippen molar-refractivity contribution >= 4 is 0 Å². The number of nitrogens with zero attached hydrogens (tertiary/aromatic N) is 1. The first-order valence-corrected chi connectivity index (χ1v) is 5.40. The van der Waals surface area contributed by atoms with Crippen LogP contribution in [0.15, 0.2) is 35.3 Å². The Labute approximate surface area is 102 Å². The highest BCUT2D eigenvalue weighted by Gasteiger charge is 2.09. The van der Waals surface area contributed by atoms with Gasteiger partial charge in [-0.2, -0.15) is 0 Å². The van der Waals surface area contributed by atoms with E-state index in [4.69, 9.17) is 5.73 Å². The maximum Gasteiger partial charge on any atom is 0.186 e. The van der Waals surface area contributed by atoms with Crippen molar-refractivity contribution in [2.75, 3.05) is 0 Å². The molecule has 0 amide bonds. The highest BCUT2D eigenvalue weighted by Crippen LogP contribution is 2.16. The molecule has 2 aromatic rings. The minimum absolute atomic E-state index is 0.0516. The third-order valence-electron chi connectivity index (χ3n) is 2.71. The van der Waals surface area contributed by atoms with Crippen molar-refractivity contribution < 1.29 is 8.78 Å². The minimum Gasteiger partial charge on any atom is -0.326 e. The molecule has 0 atom stereocenters. The second-order valence-corrected chi connectivity index (χ2v) is 3.97. The lowest BCUT2D eigenvalue weighted by molar-refractivity contribution is 0.591. The molecule has 94 valence electrons. The lowest BCUT2D eigenvalue weighted by Crippen LogP contribution is -2.17. The van der Waals surface area contributed by atoms with Crippen LogP contribution in [0.4, 0.5) is 8.78 Å². The number of rotatable bonds is 2. The van der Waals surface area contributed by atoms with E-state index in [1.807, 2.05) is 0 Å². The molecule has 0 aliphatic rings. The fourth-order valence-corrected chi connectivity index (χ4v) is 1.76. The van der Waals surface area contributed by atoms with E-state index in [0.717, 1.165) is 18.2 Å². The highest BCUT2D eigenvalue weighted by molar-refractivity contribution is 5.37. The number of hydrogen-bond acceptors (Lipinski definition) is 2. The normalized spacial score (nSPS) is 10.7. The molecule has 0 aliphatic heterocycles. The first-order chi connectivity index (χ1) is 8.52. The van der Waals surface area contributed by atoms with Crippen molar-refractivity contribution in [1.82, 2.24) is 4.57 Å². The van der Waals surface area contributed by atoms with Crippen LogP contribution in [-0.2, 0) is 6.54 Å². The Balaban J connectivity index is 2.70. The average molecular weight is 250 g/mol. The molecule has 2 N–H and O–H groups in total. The number of nitrogens with two attached hydrogens (primary N) is 1. The summed E-state index contributed by atoms with van der Waals surface area (Å²) < 4.78 is 28.3. The van der Waals surface area contributed by atoms with Crippen LogP contribution >= 0.6 is 0 Å². The molecule has 0 bridgehead atoms. The van der Waals surface area contributed by atoms with Gasteiger partial charge >= 0.3 is 0 Å². The molecular weight excluding hydrogens is 238 g/mol. The maximum absolute atomic E-state index is 13.7. The summed E-state index contributed by atoms with van der Waals surface area (Å²) in [5.41, 5.74) is 6.15. The van der Waals surface area contributed by atoms with E-state index < -0.39 is 11.6 Å². The lowest BCUT2D eigenvalue weighted by atomic mass is 10.2. The molecule has 0 unspecified atom stereocenters. The largest absolute Gasteiger partial charge is 0.326 e. The van der Waals surface area contributed by atoms with Gasteiger partial charge in [0.15, 0.2) is 5.43 Å². The van der Waals surface area contributed by atoms with E-state index >= 15 is 0 Å². The fraction of sp³-hybridized carbons (Fsp3) is 0.154. The first kappa shape index (κ1) is 12.4. The molecule has 0 aliphatic carbocycles. The summed E-state index contributed by atoms with van der Waals surface area (Å²) in [6.07, 6.45) is 1.44. The van der Waals surface area contributed by atoms with Gasteiger partial charge in [-0.15, -0.1) is 0 Å². The number of aryl methyl sites for hydroxylation is 1. The van der Waals surface area contributed by atoms with Crippen LogP contribution in [0, 0.1) is 18.6 Å². The molecule has 0 saturated heterocycles. The topological polar surface area (TPSA) is 48.0 Å². The summed E-state index contributed by atoms with van der Waals surface area (Å²) in [6.45, 7) is 1.70. The Hall–Kier alpha value is -2.01. The van der Waals surface area contributed by atoms with Crippen LogP contribution in [0.5, 0.6) is 0 Å². The zero-order chi connectivity index (χ0) is 13.3. The summed E-state index contributed by atoms with van der Waals surface area (Å²) >= 11 is 0. The van der Waals surface area contributed by atoms with Gasteiger partial charge in [-0.25, -0.2) is 8.78 Å². The van der Waals surface area contributed by atoms with Gasteiger partial charge in [-0.3, -0.25) is 4.79 Å². The van der Waals surface area contributed by atoms with Crippen LogP contribution < -0.4 is 11.2 Å². The first-order valence-electron chi connectivity index (χ1n) is 5.40. The predicted octanol–water partition coefficient (Wildman–Crippen LogP) is 1.88. The standard InChI is InChI=1S/C13H12F2N2O/c1-8-4-13(18)9(6-16)7-17(8)12-5-10(14)2-3-11(12)15/h2-5,7H,6,16H2,1H3. The SMILES string of the molecule is Cc1cc(=O)c(CN)cn1-c1cc(F)ccc1F. The van der Waals surface area contributed by atoms with E-state index in [1.54, 1.807) is 6.92 Å². The van der Waals surface area contributed by atoms with Crippen molar-refractivity contribution in [1.29, 1.82) is 0 Å². The Morgan fingerprint density at radius 2 is 2.00 bits per heavy atom. The molecule has 1 aromatic heterocycles. The van der Waals surface area contributed by atoms with Gasteiger partial charge in [0.05, 0.1) is 5.69 Å². The van der Waals surface area contributed by atoms with Gasteiger partial charge in [-0.05, 0) is 19.1 Å². The second kappa shape index (κ2) is 4.70. The van der Waals surface area contributed by atoms with Crippen LogP contribution in [0.3, 0.4) is 0 Å². The molecule has 0 spiro atoms. The van der Waals surface area contributed by atoms with Gasteiger partial charge < -0.3 is 10.3 Å². The summed E-state index contributed by atoms with van der Waals surface area (Å²) in [7, 11) is 0. The number of pyridine rings is 1. The molecule has 3 nitrogen and oxygen atoms in total. The predicted molar refractivity (Wildman–Crippen MR) is 64.6 cm³/mol. The number of halogens is 2. The molecule has 0 saturated carbocycles. The van der Waals surface area contributed by atoms with Gasteiger partial charge in [0, 0.05) is 36.1 Å².